The number of hydrogen-bond donors (Lipinski definition) is 2. The average Bonchev–Trinajstić information content (AvgIpc) is 2.97. The standard InChI is InChI=1S/C17H21NO3/c1-4-12-5-7-13(8-6-12)14-9-10-15(21-14)16(20)18-17(2,3)11-19/h5-10,19H,4,11H2,1-3H3,(H,18,20). The molecule has 0 spiro atoms. The quantitative estimate of drug-likeness (QED) is 0.888. The van der Waals surface area contributed by atoms with Crippen molar-refractivity contribution in [3.8, 4) is 11.3 Å². The van der Waals surface area contributed by atoms with Crippen LogP contribution >= 0.6 is 0 Å². The maximum Gasteiger partial charge on any atom is 0.287 e. The zero-order valence-electron chi connectivity index (χ0n) is 12.6. The molecule has 1 heterocycles. The van der Waals surface area contributed by atoms with Crippen molar-refractivity contribution in [2.45, 2.75) is 32.7 Å². The smallest absolute Gasteiger partial charge is 0.287 e. The van der Waals surface area contributed by atoms with E-state index in [-0.39, 0.29) is 18.3 Å². The Hall–Kier alpha value is -2.07. The maximum atomic E-state index is 12.0. The van der Waals surface area contributed by atoms with Gasteiger partial charge in [0.05, 0.1) is 12.1 Å². The zero-order chi connectivity index (χ0) is 15.5. The summed E-state index contributed by atoms with van der Waals surface area (Å²) in [6, 6.07) is 11.5. The maximum absolute atomic E-state index is 12.0. The van der Waals surface area contributed by atoms with E-state index in [9.17, 15) is 9.90 Å². The van der Waals surface area contributed by atoms with Crippen LogP contribution in [0.15, 0.2) is 40.8 Å². The number of benzene rings is 1. The van der Waals surface area contributed by atoms with Gasteiger partial charge in [-0.05, 0) is 38.0 Å². The molecule has 4 nitrogen and oxygen atoms in total. The minimum absolute atomic E-state index is 0.134. The van der Waals surface area contributed by atoms with Gasteiger partial charge >= 0.3 is 0 Å². The summed E-state index contributed by atoms with van der Waals surface area (Å²) in [6.45, 7) is 5.47. The topological polar surface area (TPSA) is 62.5 Å². The molecule has 1 aromatic heterocycles. The molecule has 2 N–H and O–H groups in total. The van der Waals surface area contributed by atoms with E-state index in [2.05, 4.69) is 12.2 Å². The second-order valence-electron chi connectivity index (χ2n) is 5.71. The number of aliphatic hydroxyl groups is 1. The summed E-state index contributed by atoms with van der Waals surface area (Å²) in [4.78, 5) is 12.0. The Balaban J connectivity index is 2.15. The first kappa shape index (κ1) is 15.3. The lowest BCUT2D eigenvalue weighted by molar-refractivity contribution is 0.0842. The first-order valence-electron chi connectivity index (χ1n) is 7.07. The highest BCUT2D eigenvalue weighted by atomic mass is 16.4. The highest BCUT2D eigenvalue weighted by molar-refractivity contribution is 5.92. The molecule has 0 atom stereocenters. The average molecular weight is 287 g/mol. The molecule has 0 aliphatic rings. The molecule has 0 unspecified atom stereocenters. The summed E-state index contributed by atoms with van der Waals surface area (Å²) in [5.74, 6) is 0.571. The molecule has 2 aromatic rings. The fraction of sp³-hybridized carbons (Fsp3) is 0.353. The number of hydrogen-bond acceptors (Lipinski definition) is 3. The van der Waals surface area contributed by atoms with E-state index in [1.165, 1.54) is 5.56 Å². The lowest BCUT2D eigenvalue weighted by Crippen LogP contribution is -2.46. The monoisotopic (exact) mass is 287 g/mol. The van der Waals surface area contributed by atoms with Crippen molar-refractivity contribution in [3.05, 3.63) is 47.7 Å². The first-order chi connectivity index (χ1) is 9.95. The molecule has 1 amide bonds. The first-order valence-corrected chi connectivity index (χ1v) is 7.07. The number of amides is 1. The summed E-state index contributed by atoms with van der Waals surface area (Å²) in [5, 5.41) is 11.9. The summed E-state index contributed by atoms with van der Waals surface area (Å²) >= 11 is 0. The number of nitrogens with one attached hydrogen (secondary N) is 1. The van der Waals surface area contributed by atoms with Crippen LogP contribution in [0.3, 0.4) is 0 Å². The van der Waals surface area contributed by atoms with Gasteiger partial charge in [0, 0.05) is 5.56 Å². The fourth-order valence-corrected chi connectivity index (χ4v) is 1.93. The molecule has 0 aliphatic heterocycles. The summed E-state index contributed by atoms with van der Waals surface area (Å²) < 4.78 is 5.60. The van der Waals surface area contributed by atoms with Gasteiger partial charge in [0.2, 0.25) is 0 Å². The van der Waals surface area contributed by atoms with Crippen molar-refractivity contribution in [2.24, 2.45) is 0 Å². The largest absolute Gasteiger partial charge is 0.451 e. The molecule has 0 bridgehead atoms. The van der Waals surface area contributed by atoms with E-state index in [1.807, 2.05) is 24.3 Å². The van der Waals surface area contributed by atoms with Gasteiger partial charge in [-0.25, -0.2) is 0 Å². The lowest BCUT2D eigenvalue weighted by Gasteiger charge is -2.22. The number of carbonyl (C=O) groups is 1. The molecular formula is C17H21NO3. The molecule has 2 rings (SSSR count). The number of carbonyl (C=O) groups excluding carboxylic acids is 1. The second-order valence-corrected chi connectivity index (χ2v) is 5.71. The normalized spacial score (nSPS) is 11.4. The predicted molar refractivity (Wildman–Crippen MR) is 82.2 cm³/mol. The van der Waals surface area contributed by atoms with Gasteiger partial charge in [0.1, 0.15) is 5.76 Å². The number of furan rings is 1. The lowest BCUT2D eigenvalue weighted by atomic mass is 10.1. The number of rotatable bonds is 5. The number of aryl methyl sites for hydroxylation is 1. The third-order valence-electron chi connectivity index (χ3n) is 3.32. The van der Waals surface area contributed by atoms with Crippen molar-refractivity contribution in [1.82, 2.24) is 5.32 Å². The van der Waals surface area contributed by atoms with Crippen molar-refractivity contribution >= 4 is 5.91 Å². The minimum Gasteiger partial charge on any atom is -0.451 e. The highest BCUT2D eigenvalue weighted by Gasteiger charge is 2.22. The zero-order valence-corrected chi connectivity index (χ0v) is 12.6. The van der Waals surface area contributed by atoms with Crippen LogP contribution in [-0.4, -0.2) is 23.2 Å². The van der Waals surface area contributed by atoms with Crippen LogP contribution < -0.4 is 5.32 Å². The Morgan fingerprint density at radius 3 is 2.43 bits per heavy atom. The van der Waals surface area contributed by atoms with Crippen molar-refractivity contribution in [2.75, 3.05) is 6.61 Å². The molecule has 21 heavy (non-hydrogen) atoms. The molecule has 0 aliphatic carbocycles. The molecule has 4 heteroatoms. The van der Waals surface area contributed by atoms with Gasteiger partial charge < -0.3 is 14.8 Å². The Morgan fingerprint density at radius 1 is 1.19 bits per heavy atom. The van der Waals surface area contributed by atoms with Gasteiger partial charge in [-0.1, -0.05) is 31.2 Å². The molecule has 0 radical (unpaired) electrons. The second kappa shape index (κ2) is 6.14. The Bertz CT molecular complexity index is 611. The van der Waals surface area contributed by atoms with Crippen LogP contribution in [0.4, 0.5) is 0 Å². The van der Waals surface area contributed by atoms with E-state index in [1.54, 1.807) is 26.0 Å². The SMILES string of the molecule is CCc1ccc(-c2ccc(C(=O)NC(C)(C)CO)o2)cc1. The Morgan fingerprint density at radius 2 is 1.86 bits per heavy atom. The van der Waals surface area contributed by atoms with Gasteiger partial charge in [0.15, 0.2) is 5.76 Å². The van der Waals surface area contributed by atoms with Gasteiger partial charge in [-0.15, -0.1) is 0 Å². The Kier molecular flexibility index (Phi) is 4.48. The number of aliphatic hydroxyl groups excluding tert-OH is 1. The Labute approximate surface area is 124 Å². The van der Waals surface area contributed by atoms with Crippen LogP contribution in [0, 0.1) is 0 Å². The summed E-state index contributed by atoms with van der Waals surface area (Å²) in [7, 11) is 0. The third kappa shape index (κ3) is 3.73. The third-order valence-corrected chi connectivity index (χ3v) is 3.32. The van der Waals surface area contributed by atoms with Gasteiger partial charge in [-0.2, -0.15) is 0 Å². The molecule has 0 saturated heterocycles. The van der Waals surface area contributed by atoms with Crippen LogP contribution in [0.2, 0.25) is 0 Å². The molecule has 0 saturated carbocycles. The molecule has 1 aromatic carbocycles. The van der Waals surface area contributed by atoms with Gasteiger partial charge in [0.25, 0.3) is 5.91 Å². The van der Waals surface area contributed by atoms with Crippen LogP contribution in [0.25, 0.3) is 11.3 Å². The molecule has 0 fully saturated rings. The minimum atomic E-state index is -0.674. The van der Waals surface area contributed by atoms with Gasteiger partial charge in [-0.3, -0.25) is 4.79 Å². The summed E-state index contributed by atoms with van der Waals surface area (Å²) in [6.07, 6.45) is 0.988. The van der Waals surface area contributed by atoms with Crippen molar-refractivity contribution in [1.29, 1.82) is 0 Å². The van der Waals surface area contributed by atoms with Crippen LogP contribution in [0.5, 0.6) is 0 Å². The van der Waals surface area contributed by atoms with Crippen molar-refractivity contribution < 1.29 is 14.3 Å². The summed E-state index contributed by atoms with van der Waals surface area (Å²) in [5.41, 5.74) is 1.52. The predicted octanol–water partition coefficient (Wildman–Crippen LogP) is 3.01. The van der Waals surface area contributed by atoms with E-state index in [4.69, 9.17) is 4.42 Å². The fourth-order valence-electron chi connectivity index (χ4n) is 1.93. The molecular weight excluding hydrogens is 266 g/mol. The van der Waals surface area contributed by atoms with Crippen LogP contribution in [0.1, 0.15) is 36.9 Å². The van der Waals surface area contributed by atoms with Crippen molar-refractivity contribution in [3.63, 3.8) is 0 Å². The van der Waals surface area contributed by atoms with E-state index in [0.717, 1.165) is 12.0 Å². The highest BCUT2D eigenvalue weighted by Crippen LogP contribution is 2.23. The van der Waals surface area contributed by atoms with E-state index < -0.39 is 5.54 Å². The molecule has 112 valence electrons. The van der Waals surface area contributed by atoms with Crippen LogP contribution in [-0.2, 0) is 6.42 Å². The van der Waals surface area contributed by atoms with E-state index >= 15 is 0 Å². The van der Waals surface area contributed by atoms with E-state index in [0.29, 0.717) is 5.76 Å².